The molecule has 1 saturated carbocycles. The molecule has 2 atom stereocenters. The molecule has 1 aliphatic carbocycles. The van der Waals surface area contributed by atoms with Gasteiger partial charge in [-0.05, 0) is 30.5 Å². The molecule has 1 fully saturated rings. The lowest BCUT2D eigenvalue weighted by atomic mass is 9.63. The summed E-state index contributed by atoms with van der Waals surface area (Å²) in [4.78, 5) is 23.4. The minimum absolute atomic E-state index is 0.0949. The van der Waals surface area contributed by atoms with Crippen molar-refractivity contribution in [3.05, 3.63) is 34.9 Å². The first-order chi connectivity index (χ1) is 8.99. The number of carbonyl (C=O) groups is 2. The largest absolute Gasteiger partial charge is 0.467 e. The molecule has 0 aromatic heterocycles. The van der Waals surface area contributed by atoms with E-state index >= 15 is 0 Å². The molecule has 4 nitrogen and oxygen atoms in total. The van der Waals surface area contributed by atoms with Gasteiger partial charge in [0, 0.05) is 17.9 Å². The van der Waals surface area contributed by atoms with Crippen molar-refractivity contribution in [2.24, 2.45) is 0 Å². The first kappa shape index (κ1) is 13.9. The lowest BCUT2D eigenvalue weighted by molar-refractivity contribution is -0.156. The second kappa shape index (κ2) is 5.21. The lowest BCUT2D eigenvalue weighted by Gasteiger charge is -2.47. The minimum Gasteiger partial charge on any atom is -0.467 e. The Labute approximate surface area is 117 Å². The zero-order chi connectivity index (χ0) is 14.0. The van der Waals surface area contributed by atoms with Gasteiger partial charge in [-0.3, -0.25) is 4.79 Å². The van der Waals surface area contributed by atoms with Crippen LogP contribution in [0.1, 0.15) is 31.2 Å². The van der Waals surface area contributed by atoms with Crippen molar-refractivity contribution in [1.82, 2.24) is 5.32 Å². The second-order valence-corrected chi connectivity index (χ2v) is 5.23. The minimum atomic E-state index is -0.953. The average molecular weight is 282 g/mol. The molecule has 0 saturated heterocycles. The van der Waals surface area contributed by atoms with E-state index in [0.717, 1.165) is 12.0 Å². The van der Waals surface area contributed by atoms with Gasteiger partial charge in [0.1, 0.15) is 5.54 Å². The number of carbonyl (C=O) groups excluding carboxylic acids is 2. The van der Waals surface area contributed by atoms with E-state index in [4.69, 9.17) is 16.3 Å². The van der Waals surface area contributed by atoms with Crippen LogP contribution in [0, 0.1) is 0 Å². The molecule has 0 heterocycles. The molecule has 5 heteroatoms. The van der Waals surface area contributed by atoms with Gasteiger partial charge in [0.05, 0.1) is 7.11 Å². The maximum absolute atomic E-state index is 12.1. The molecular formula is C14H16ClNO3. The van der Waals surface area contributed by atoms with Crippen LogP contribution in [0.2, 0.25) is 5.02 Å². The molecule has 0 spiro atoms. The smallest absolute Gasteiger partial charge is 0.332 e. The first-order valence-corrected chi connectivity index (χ1v) is 6.50. The molecule has 1 aromatic rings. The van der Waals surface area contributed by atoms with Crippen LogP contribution in [0.4, 0.5) is 0 Å². The molecule has 1 amide bonds. The maximum atomic E-state index is 12.1. The van der Waals surface area contributed by atoms with E-state index in [-0.39, 0.29) is 11.8 Å². The molecule has 0 radical (unpaired) electrons. The summed E-state index contributed by atoms with van der Waals surface area (Å²) in [6, 6.07) is 7.35. The fourth-order valence-electron chi connectivity index (χ4n) is 2.69. The molecule has 0 aliphatic heterocycles. The van der Waals surface area contributed by atoms with Gasteiger partial charge in [-0.25, -0.2) is 4.79 Å². The van der Waals surface area contributed by atoms with Gasteiger partial charge in [0.25, 0.3) is 0 Å². The van der Waals surface area contributed by atoms with Gasteiger partial charge >= 0.3 is 5.97 Å². The van der Waals surface area contributed by atoms with Crippen LogP contribution in [0.15, 0.2) is 24.3 Å². The fourth-order valence-corrected chi connectivity index (χ4v) is 2.89. The first-order valence-electron chi connectivity index (χ1n) is 6.12. The van der Waals surface area contributed by atoms with E-state index in [1.165, 1.54) is 14.0 Å². The van der Waals surface area contributed by atoms with Crippen molar-refractivity contribution < 1.29 is 14.3 Å². The van der Waals surface area contributed by atoms with Crippen molar-refractivity contribution in [3.8, 4) is 0 Å². The molecule has 102 valence electrons. The Balaban J connectivity index is 2.34. The Bertz CT molecular complexity index is 517. The number of methoxy groups -OCH3 is 1. The predicted octanol–water partition coefficient (Wildman–Crippen LogP) is 2.27. The highest BCUT2D eigenvalue weighted by atomic mass is 35.5. The molecule has 1 aromatic carbocycles. The summed E-state index contributed by atoms with van der Waals surface area (Å²) in [5.41, 5.74) is -0.0106. The number of hydrogen-bond acceptors (Lipinski definition) is 3. The van der Waals surface area contributed by atoms with Crippen molar-refractivity contribution >= 4 is 23.5 Å². The number of rotatable bonds is 3. The normalized spacial score (nSPS) is 25.3. The molecule has 2 rings (SSSR count). The van der Waals surface area contributed by atoms with Crippen molar-refractivity contribution in [2.75, 3.05) is 7.11 Å². The molecule has 1 aliphatic rings. The van der Waals surface area contributed by atoms with Crippen LogP contribution < -0.4 is 5.32 Å². The number of hydrogen-bond donors (Lipinski definition) is 1. The number of halogens is 1. The third-order valence-corrected chi connectivity index (χ3v) is 3.86. The summed E-state index contributed by atoms with van der Waals surface area (Å²) in [7, 11) is 1.33. The van der Waals surface area contributed by atoms with Gasteiger partial charge in [0.2, 0.25) is 5.91 Å². The monoisotopic (exact) mass is 281 g/mol. The van der Waals surface area contributed by atoms with Crippen molar-refractivity contribution in [2.45, 2.75) is 31.2 Å². The number of amides is 1. The van der Waals surface area contributed by atoms with Gasteiger partial charge in [-0.2, -0.15) is 0 Å². The number of esters is 1. The third kappa shape index (κ3) is 2.45. The van der Waals surface area contributed by atoms with E-state index in [0.29, 0.717) is 11.4 Å². The molecule has 1 N–H and O–H groups in total. The zero-order valence-electron chi connectivity index (χ0n) is 10.9. The number of nitrogens with one attached hydrogen (secondary N) is 1. The predicted molar refractivity (Wildman–Crippen MR) is 72.0 cm³/mol. The maximum Gasteiger partial charge on any atom is 0.332 e. The molecule has 0 unspecified atom stereocenters. The van der Waals surface area contributed by atoms with Crippen LogP contribution in [0.3, 0.4) is 0 Å². The summed E-state index contributed by atoms with van der Waals surface area (Å²) in [6.45, 7) is 1.40. The SMILES string of the molecule is COC(=O)[C@@]1(NC(C)=O)CC[C@@H]1c1cccc(Cl)c1. The van der Waals surface area contributed by atoms with Gasteiger partial charge < -0.3 is 10.1 Å². The Hall–Kier alpha value is -1.55. The van der Waals surface area contributed by atoms with Crippen molar-refractivity contribution in [3.63, 3.8) is 0 Å². The Kier molecular flexibility index (Phi) is 3.80. The van der Waals surface area contributed by atoms with Gasteiger partial charge in [-0.15, -0.1) is 0 Å². The topological polar surface area (TPSA) is 55.4 Å². The van der Waals surface area contributed by atoms with Crippen LogP contribution >= 0.6 is 11.6 Å². The highest BCUT2D eigenvalue weighted by molar-refractivity contribution is 6.30. The quantitative estimate of drug-likeness (QED) is 0.865. The number of ether oxygens (including phenoxy) is 1. The summed E-state index contributed by atoms with van der Waals surface area (Å²) in [5.74, 6) is -0.737. The molecular weight excluding hydrogens is 266 g/mol. The van der Waals surface area contributed by atoms with Gasteiger partial charge in [0.15, 0.2) is 0 Å². The van der Waals surface area contributed by atoms with Crippen LogP contribution in [0.25, 0.3) is 0 Å². The highest BCUT2D eigenvalue weighted by Crippen LogP contribution is 2.47. The van der Waals surface area contributed by atoms with Crippen LogP contribution in [0.5, 0.6) is 0 Å². The van der Waals surface area contributed by atoms with Crippen LogP contribution in [-0.4, -0.2) is 24.5 Å². The summed E-state index contributed by atoms with van der Waals surface area (Å²) < 4.78 is 4.85. The van der Waals surface area contributed by atoms with E-state index in [1.807, 2.05) is 18.2 Å². The van der Waals surface area contributed by atoms with Gasteiger partial charge in [-0.1, -0.05) is 23.7 Å². The summed E-state index contributed by atoms with van der Waals surface area (Å²) in [6.07, 6.45) is 1.39. The Morgan fingerprint density at radius 2 is 2.21 bits per heavy atom. The standard InChI is InChI=1S/C14H16ClNO3/c1-9(17)16-14(13(18)19-2)7-6-12(14)10-4-3-5-11(15)8-10/h3-5,8,12H,6-7H2,1-2H3,(H,16,17)/t12-,14-/m1/s1. The number of benzene rings is 1. The Morgan fingerprint density at radius 1 is 1.47 bits per heavy atom. The van der Waals surface area contributed by atoms with Crippen molar-refractivity contribution in [1.29, 1.82) is 0 Å². The highest BCUT2D eigenvalue weighted by Gasteiger charge is 2.55. The van der Waals surface area contributed by atoms with E-state index in [1.54, 1.807) is 6.07 Å². The Morgan fingerprint density at radius 3 is 2.68 bits per heavy atom. The lowest BCUT2D eigenvalue weighted by Crippen LogP contribution is -2.63. The van der Waals surface area contributed by atoms with E-state index in [9.17, 15) is 9.59 Å². The van der Waals surface area contributed by atoms with Crippen LogP contribution in [-0.2, 0) is 14.3 Å². The molecule has 19 heavy (non-hydrogen) atoms. The second-order valence-electron chi connectivity index (χ2n) is 4.79. The summed E-state index contributed by atoms with van der Waals surface area (Å²) in [5, 5.41) is 3.37. The third-order valence-electron chi connectivity index (χ3n) is 3.62. The van der Waals surface area contributed by atoms with E-state index in [2.05, 4.69) is 5.32 Å². The zero-order valence-corrected chi connectivity index (χ0v) is 11.7. The summed E-state index contributed by atoms with van der Waals surface area (Å²) >= 11 is 5.98. The van der Waals surface area contributed by atoms with E-state index < -0.39 is 11.5 Å². The molecule has 0 bridgehead atoms. The average Bonchev–Trinajstić information content (AvgIpc) is 2.33. The fraction of sp³-hybridized carbons (Fsp3) is 0.429.